The summed E-state index contributed by atoms with van der Waals surface area (Å²) in [6, 6.07) is 30.7. The van der Waals surface area contributed by atoms with E-state index in [2.05, 4.69) is 26.6 Å². The molecule has 0 fully saturated rings. The summed E-state index contributed by atoms with van der Waals surface area (Å²) < 4.78 is 0. The van der Waals surface area contributed by atoms with Crippen LogP contribution in [0.4, 0.5) is 5.69 Å². The molecule has 2 aliphatic heterocycles. The second-order valence-corrected chi connectivity index (χ2v) is 15.5. The smallest absolute Gasteiger partial charge is 0.305 e. The minimum atomic E-state index is -2.29. The summed E-state index contributed by atoms with van der Waals surface area (Å²) >= 11 is 1.30. The van der Waals surface area contributed by atoms with Crippen LogP contribution in [0.2, 0.25) is 0 Å². The third-order valence-electron chi connectivity index (χ3n) is 9.98. The molecule has 0 unspecified atom stereocenters. The summed E-state index contributed by atoms with van der Waals surface area (Å²) in [5, 5.41) is 46.3. The molecule has 0 spiro atoms. The van der Waals surface area contributed by atoms with Crippen LogP contribution < -0.4 is 26.6 Å². The normalized spacial score (nSPS) is 22.0. The lowest BCUT2D eigenvalue weighted by Gasteiger charge is -2.27. The topological polar surface area (TPSA) is 223 Å². The molecule has 0 saturated heterocycles. The standard InChI is InChI=1S/C45H45N5O9S/c51-38(52)25-33-22-28-15-19-32(20-16-28)46-44(58)39(53)40(54)45(59)50-37(26-34-12-7-21-60-34)43(57)49-36(24-29-13-17-31(18-14-29)30-10-5-2-6-11-30)42(56)48-35(41(55)47-33)23-27-8-3-1-4-9-27/h1-21,33,35-37,39-40,53-54H,22-26H2,(H,46,58)(H,47,55)(H,48,56)(H,49,57)(H,50,59)(H,51,52)/t33-,35+,36-,37+,39+,40+/m0/s1. The van der Waals surface area contributed by atoms with Crippen LogP contribution in [0.5, 0.6) is 0 Å². The van der Waals surface area contributed by atoms with Gasteiger partial charge in [-0.3, -0.25) is 28.8 Å². The summed E-state index contributed by atoms with van der Waals surface area (Å²) in [7, 11) is 0. The van der Waals surface area contributed by atoms with Crippen LogP contribution in [-0.4, -0.2) is 87.2 Å². The molecule has 6 atom stereocenters. The van der Waals surface area contributed by atoms with E-state index in [-0.39, 0.29) is 31.4 Å². The maximum absolute atomic E-state index is 14.5. The van der Waals surface area contributed by atoms with Crippen molar-refractivity contribution in [3.05, 3.63) is 148 Å². The average molecular weight is 832 g/mol. The predicted molar refractivity (Wildman–Crippen MR) is 225 cm³/mol. The van der Waals surface area contributed by atoms with Crippen LogP contribution >= 0.6 is 11.3 Å². The number of aliphatic carboxylic acids is 1. The summed E-state index contributed by atoms with van der Waals surface area (Å²) in [6.45, 7) is 0. The van der Waals surface area contributed by atoms with Gasteiger partial charge >= 0.3 is 5.97 Å². The number of carbonyl (C=O) groups excluding carboxylic acids is 5. The zero-order valence-electron chi connectivity index (χ0n) is 32.3. The molecule has 310 valence electrons. The van der Waals surface area contributed by atoms with E-state index in [4.69, 9.17) is 0 Å². The Balaban J connectivity index is 1.37. The maximum Gasteiger partial charge on any atom is 0.305 e. The van der Waals surface area contributed by atoms with Crippen molar-refractivity contribution in [1.82, 2.24) is 21.3 Å². The molecule has 7 rings (SSSR count). The van der Waals surface area contributed by atoms with Crippen molar-refractivity contribution in [3.8, 4) is 11.1 Å². The minimum absolute atomic E-state index is 0.0241. The van der Waals surface area contributed by atoms with Crippen molar-refractivity contribution in [1.29, 1.82) is 0 Å². The van der Waals surface area contributed by atoms with E-state index in [1.54, 1.807) is 60.0 Å². The van der Waals surface area contributed by atoms with Gasteiger partial charge in [-0.15, -0.1) is 11.3 Å². The van der Waals surface area contributed by atoms with Crippen LogP contribution in [0.25, 0.3) is 11.1 Å². The number of anilines is 1. The molecule has 2 aliphatic rings. The van der Waals surface area contributed by atoms with Gasteiger partial charge in [-0.1, -0.05) is 103 Å². The van der Waals surface area contributed by atoms with Gasteiger partial charge in [0.2, 0.25) is 17.7 Å². The van der Waals surface area contributed by atoms with Gasteiger partial charge in [-0.2, -0.15) is 0 Å². The Bertz CT molecular complexity index is 2260. The van der Waals surface area contributed by atoms with Crippen LogP contribution in [-0.2, 0) is 54.5 Å². The van der Waals surface area contributed by atoms with E-state index in [0.29, 0.717) is 21.6 Å². The Hall–Kier alpha value is -6.68. The summed E-state index contributed by atoms with van der Waals surface area (Å²) in [4.78, 5) is 81.9. The second kappa shape index (κ2) is 20.3. The van der Waals surface area contributed by atoms with Crippen molar-refractivity contribution in [2.24, 2.45) is 0 Å². The first kappa shape index (κ1) is 42.9. The molecule has 0 radical (unpaired) electrons. The third kappa shape index (κ3) is 11.9. The summed E-state index contributed by atoms with van der Waals surface area (Å²) in [6.07, 6.45) is -5.01. The van der Waals surface area contributed by atoms with E-state index in [0.717, 1.165) is 11.1 Å². The molecule has 3 heterocycles. The average Bonchev–Trinajstić information content (AvgIpc) is 3.76. The van der Waals surface area contributed by atoms with E-state index >= 15 is 0 Å². The Morgan fingerprint density at radius 1 is 0.550 bits per heavy atom. The van der Waals surface area contributed by atoms with E-state index < -0.39 is 78.3 Å². The molecule has 1 aromatic heterocycles. The Morgan fingerprint density at radius 3 is 1.65 bits per heavy atom. The van der Waals surface area contributed by atoms with Gasteiger partial charge < -0.3 is 41.9 Å². The Kier molecular flexibility index (Phi) is 14.5. The molecule has 5 aromatic rings. The largest absolute Gasteiger partial charge is 0.481 e. The van der Waals surface area contributed by atoms with Gasteiger partial charge in [-0.25, -0.2) is 0 Å². The number of fused-ring (bicyclic) bond motifs is 18. The Labute approximate surface area is 350 Å². The number of aliphatic hydroxyl groups is 2. The minimum Gasteiger partial charge on any atom is -0.481 e. The van der Waals surface area contributed by atoms with E-state index in [1.165, 1.54) is 23.5 Å². The van der Waals surface area contributed by atoms with Crippen molar-refractivity contribution in [3.63, 3.8) is 0 Å². The zero-order valence-corrected chi connectivity index (χ0v) is 33.1. The van der Waals surface area contributed by atoms with Gasteiger partial charge in [0, 0.05) is 35.9 Å². The summed E-state index contributed by atoms with van der Waals surface area (Å²) in [5.41, 5.74) is 4.03. The lowest BCUT2D eigenvalue weighted by atomic mass is 9.98. The van der Waals surface area contributed by atoms with Crippen LogP contribution in [0.15, 0.2) is 127 Å². The van der Waals surface area contributed by atoms with Gasteiger partial charge in [0.15, 0.2) is 12.2 Å². The fraction of sp³-hybridized carbons (Fsp3) is 0.244. The molecule has 0 saturated carbocycles. The van der Waals surface area contributed by atoms with Crippen molar-refractivity contribution >= 4 is 52.5 Å². The molecule has 5 amide bonds. The Morgan fingerprint density at radius 2 is 1.07 bits per heavy atom. The molecular weight excluding hydrogens is 787 g/mol. The highest BCUT2D eigenvalue weighted by atomic mass is 32.1. The lowest BCUT2D eigenvalue weighted by Crippen LogP contribution is -2.59. The maximum atomic E-state index is 14.5. The molecule has 0 aliphatic carbocycles. The van der Waals surface area contributed by atoms with Crippen molar-refractivity contribution in [2.45, 2.75) is 68.5 Å². The first-order valence-corrected chi connectivity index (χ1v) is 20.2. The van der Waals surface area contributed by atoms with Gasteiger partial charge in [0.1, 0.15) is 18.1 Å². The summed E-state index contributed by atoms with van der Waals surface area (Å²) in [5.74, 6) is -5.71. The molecule has 14 nitrogen and oxygen atoms in total. The third-order valence-corrected chi connectivity index (χ3v) is 10.9. The van der Waals surface area contributed by atoms with Crippen LogP contribution in [0, 0.1) is 0 Å². The van der Waals surface area contributed by atoms with Crippen molar-refractivity contribution < 1.29 is 44.1 Å². The number of carbonyl (C=O) groups is 6. The number of benzene rings is 4. The van der Waals surface area contributed by atoms with Crippen LogP contribution in [0.3, 0.4) is 0 Å². The highest BCUT2D eigenvalue weighted by Crippen LogP contribution is 2.21. The van der Waals surface area contributed by atoms with E-state index in [9.17, 15) is 44.1 Å². The van der Waals surface area contributed by atoms with Gasteiger partial charge in [-0.05, 0) is 57.8 Å². The fourth-order valence-electron chi connectivity index (χ4n) is 6.81. The van der Waals surface area contributed by atoms with Crippen LogP contribution in [0.1, 0.15) is 28.0 Å². The van der Waals surface area contributed by atoms with Crippen molar-refractivity contribution in [2.75, 3.05) is 5.32 Å². The number of thiophene rings is 1. The van der Waals surface area contributed by atoms with Gasteiger partial charge in [0.05, 0.1) is 6.42 Å². The SMILES string of the molecule is O=C(O)C[C@@H]1Cc2ccc(cc2)NC(=O)[C@H](O)[C@@H](O)C(=O)N[C@H](Cc2cccs2)C(=O)N[C@@H](Cc2ccc(-c3ccccc3)cc2)C(=O)N[C@H](Cc2ccccc2)C(=O)N1. The number of carboxylic acids is 1. The number of carboxylic acid groups (broad SMARTS) is 1. The highest BCUT2D eigenvalue weighted by molar-refractivity contribution is 7.09. The molecule has 60 heavy (non-hydrogen) atoms. The van der Waals surface area contributed by atoms with Gasteiger partial charge in [0.25, 0.3) is 11.8 Å². The predicted octanol–water partition coefficient (Wildman–Crippen LogP) is 2.77. The zero-order chi connectivity index (χ0) is 42.6. The number of nitrogens with one attached hydrogen (secondary N) is 5. The molecule has 8 N–H and O–H groups in total. The fourth-order valence-corrected chi connectivity index (χ4v) is 7.56. The molecule has 2 bridgehead atoms. The number of rotatable bonds is 9. The number of hydrogen-bond acceptors (Lipinski definition) is 9. The molecule has 15 heteroatoms. The molecular formula is C45H45N5O9S. The monoisotopic (exact) mass is 831 g/mol. The highest BCUT2D eigenvalue weighted by Gasteiger charge is 2.35. The number of aliphatic hydroxyl groups excluding tert-OH is 2. The lowest BCUT2D eigenvalue weighted by molar-refractivity contribution is -0.144. The number of hydrogen-bond donors (Lipinski definition) is 8. The quantitative estimate of drug-likeness (QED) is 0.102. The van der Waals surface area contributed by atoms with E-state index in [1.807, 2.05) is 54.6 Å². The first-order chi connectivity index (χ1) is 28.9. The second-order valence-electron chi connectivity index (χ2n) is 14.5. The number of amides is 5. The first-order valence-electron chi connectivity index (χ1n) is 19.3. The molecule has 4 aromatic carbocycles.